The molecule has 0 aliphatic carbocycles. The number of hydrogen-bond acceptors (Lipinski definition) is 2. The summed E-state index contributed by atoms with van der Waals surface area (Å²) in [6, 6.07) is 0. The van der Waals surface area contributed by atoms with E-state index in [0.29, 0.717) is 0 Å². The zero-order chi connectivity index (χ0) is 14.0. The minimum absolute atomic E-state index is 0.934. The molecule has 0 radical (unpaired) electrons. The second-order valence-corrected chi connectivity index (χ2v) is 4.17. The van der Waals surface area contributed by atoms with Gasteiger partial charge in [-0.1, -0.05) is 48.9 Å². The molecule has 3 nitrogen and oxygen atoms in total. The van der Waals surface area contributed by atoms with E-state index in [1.165, 1.54) is 5.57 Å². The standard InChI is InChI=1S/C15H23N3/c1-6-8-15(11-17-18-16)13(5)14(7-2)10-9-12(3)4/h7,9-11,16H,3,6,8H2,1-2,4-5H3/b10-9-,14-7?,15-13-,17-11-,18-16?. The van der Waals surface area contributed by atoms with Gasteiger partial charge in [0.2, 0.25) is 0 Å². The van der Waals surface area contributed by atoms with Crippen molar-refractivity contribution in [3.63, 3.8) is 0 Å². The summed E-state index contributed by atoms with van der Waals surface area (Å²) in [6.45, 7) is 12.0. The number of rotatable bonds is 7. The third kappa shape index (κ3) is 6.09. The average molecular weight is 245 g/mol. The Labute approximate surface area is 110 Å². The van der Waals surface area contributed by atoms with Crippen LogP contribution in [0.1, 0.15) is 40.5 Å². The van der Waals surface area contributed by atoms with Crippen molar-refractivity contribution in [2.75, 3.05) is 0 Å². The number of hydrogen-bond donors (Lipinski definition) is 1. The summed E-state index contributed by atoms with van der Waals surface area (Å²) in [5.74, 6) is 0. The van der Waals surface area contributed by atoms with Crippen molar-refractivity contribution in [3.8, 4) is 0 Å². The molecule has 0 saturated carbocycles. The van der Waals surface area contributed by atoms with Crippen LogP contribution >= 0.6 is 0 Å². The van der Waals surface area contributed by atoms with Gasteiger partial charge >= 0.3 is 0 Å². The van der Waals surface area contributed by atoms with Gasteiger partial charge in [0.15, 0.2) is 0 Å². The van der Waals surface area contributed by atoms with Gasteiger partial charge in [-0.2, -0.15) is 5.53 Å². The van der Waals surface area contributed by atoms with E-state index in [1.807, 2.05) is 19.9 Å². The minimum atomic E-state index is 0.934. The zero-order valence-corrected chi connectivity index (χ0v) is 11.8. The highest BCUT2D eigenvalue weighted by molar-refractivity contribution is 5.81. The Morgan fingerprint density at radius 2 is 1.94 bits per heavy atom. The minimum Gasteiger partial charge on any atom is -0.185 e. The van der Waals surface area contributed by atoms with Gasteiger partial charge in [0.25, 0.3) is 0 Å². The third-order valence-electron chi connectivity index (χ3n) is 2.56. The van der Waals surface area contributed by atoms with Gasteiger partial charge in [0.1, 0.15) is 0 Å². The van der Waals surface area contributed by atoms with Crippen LogP contribution in [0, 0.1) is 5.53 Å². The Kier molecular flexibility index (Phi) is 8.37. The topological polar surface area (TPSA) is 48.6 Å². The van der Waals surface area contributed by atoms with Crippen LogP contribution in [0.25, 0.3) is 0 Å². The highest BCUT2D eigenvalue weighted by Crippen LogP contribution is 2.19. The van der Waals surface area contributed by atoms with Crippen molar-refractivity contribution >= 4 is 6.21 Å². The second kappa shape index (κ2) is 9.28. The maximum absolute atomic E-state index is 6.72. The van der Waals surface area contributed by atoms with E-state index in [9.17, 15) is 0 Å². The normalized spacial score (nSPS) is 14.1. The van der Waals surface area contributed by atoms with Crippen LogP contribution in [0.2, 0.25) is 0 Å². The van der Waals surface area contributed by atoms with Crippen molar-refractivity contribution in [1.29, 1.82) is 5.53 Å². The van der Waals surface area contributed by atoms with Crippen LogP contribution in [-0.4, -0.2) is 6.21 Å². The first-order valence-electron chi connectivity index (χ1n) is 6.16. The Bertz CT molecular complexity index is 409. The fraction of sp³-hybridized carbons (Fsp3) is 0.400. The van der Waals surface area contributed by atoms with Crippen molar-refractivity contribution in [2.45, 2.75) is 40.5 Å². The summed E-state index contributed by atoms with van der Waals surface area (Å²) < 4.78 is 0. The molecular formula is C15H23N3. The molecule has 0 amide bonds. The number of nitrogens with zero attached hydrogens (tertiary/aromatic N) is 2. The summed E-state index contributed by atoms with van der Waals surface area (Å²) in [5.41, 5.74) is 11.2. The molecule has 0 aromatic heterocycles. The molecule has 0 aromatic rings. The number of nitrogens with one attached hydrogen (secondary N) is 1. The van der Waals surface area contributed by atoms with Crippen LogP contribution in [0.4, 0.5) is 0 Å². The molecule has 0 heterocycles. The molecule has 0 aliphatic rings. The van der Waals surface area contributed by atoms with Crippen LogP contribution < -0.4 is 0 Å². The molecule has 18 heavy (non-hydrogen) atoms. The molecule has 0 rings (SSSR count). The van der Waals surface area contributed by atoms with E-state index in [4.69, 9.17) is 5.53 Å². The zero-order valence-electron chi connectivity index (χ0n) is 11.8. The van der Waals surface area contributed by atoms with Gasteiger partial charge in [-0.3, -0.25) is 0 Å². The molecule has 1 N–H and O–H groups in total. The summed E-state index contributed by atoms with van der Waals surface area (Å²) in [7, 11) is 0. The van der Waals surface area contributed by atoms with E-state index in [-0.39, 0.29) is 0 Å². The van der Waals surface area contributed by atoms with Gasteiger partial charge in [0.05, 0.1) is 6.21 Å². The predicted octanol–water partition coefficient (Wildman–Crippen LogP) is 5.20. The van der Waals surface area contributed by atoms with Crippen LogP contribution in [-0.2, 0) is 0 Å². The summed E-state index contributed by atoms with van der Waals surface area (Å²) in [4.78, 5) is 0. The van der Waals surface area contributed by atoms with Crippen LogP contribution in [0.3, 0.4) is 0 Å². The van der Waals surface area contributed by atoms with Gasteiger partial charge in [-0.15, -0.1) is 5.10 Å². The lowest BCUT2D eigenvalue weighted by molar-refractivity contribution is 0.922. The van der Waals surface area contributed by atoms with Crippen LogP contribution in [0.5, 0.6) is 0 Å². The first kappa shape index (κ1) is 16.2. The van der Waals surface area contributed by atoms with Gasteiger partial charge in [-0.25, -0.2) is 0 Å². The molecule has 0 unspecified atom stereocenters. The van der Waals surface area contributed by atoms with Gasteiger partial charge in [-0.05, 0) is 43.9 Å². The molecular weight excluding hydrogens is 222 g/mol. The molecule has 0 bridgehead atoms. The SMILES string of the molecule is C=C(C)/C=C\C(=CC)/C(C)=C(\C=N/N=N)CCC. The van der Waals surface area contributed by atoms with Gasteiger partial charge in [0, 0.05) is 0 Å². The molecule has 0 atom stereocenters. The molecule has 0 spiro atoms. The first-order valence-corrected chi connectivity index (χ1v) is 6.16. The highest BCUT2D eigenvalue weighted by atomic mass is 15.3. The van der Waals surface area contributed by atoms with Crippen molar-refractivity contribution in [1.82, 2.24) is 0 Å². The summed E-state index contributed by atoms with van der Waals surface area (Å²) in [6.07, 6.45) is 9.76. The van der Waals surface area contributed by atoms with E-state index in [1.54, 1.807) is 6.21 Å². The van der Waals surface area contributed by atoms with Crippen molar-refractivity contribution < 1.29 is 0 Å². The summed E-state index contributed by atoms with van der Waals surface area (Å²) in [5, 5.41) is 6.70. The Hall–Kier alpha value is -1.77. The Morgan fingerprint density at radius 1 is 1.28 bits per heavy atom. The molecule has 0 aromatic carbocycles. The maximum Gasteiger partial charge on any atom is 0.0548 e. The molecule has 3 heteroatoms. The fourth-order valence-electron chi connectivity index (χ4n) is 1.57. The Balaban J connectivity index is 5.32. The van der Waals surface area contributed by atoms with Gasteiger partial charge < -0.3 is 0 Å². The lowest BCUT2D eigenvalue weighted by atomic mass is 9.98. The predicted molar refractivity (Wildman–Crippen MR) is 79.0 cm³/mol. The number of allylic oxidation sites excluding steroid dienone is 7. The van der Waals surface area contributed by atoms with E-state index < -0.39 is 0 Å². The van der Waals surface area contributed by atoms with Crippen molar-refractivity contribution in [2.24, 2.45) is 10.3 Å². The average Bonchev–Trinajstić information content (AvgIpc) is 2.34. The summed E-state index contributed by atoms with van der Waals surface area (Å²) >= 11 is 0. The monoisotopic (exact) mass is 245 g/mol. The van der Waals surface area contributed by atoms with Crippen molar-refractivity contribution in [3.05, 3.63) is 47.1 Å². The first-order chi connectivity index (χ1) is 8.56. The fourth-order valence-corrected chi connectivity index (χ4v) is 1.57. The van der Waals surface area contributed by atoms with Crippen LogP contribution in [0.15, 0.2) is 57.4 Å². The molecule has 0 aliphatic heterocycles. The molecule has 98 valence electrons. The molecule has 0 fully saturated rings. The lowest BCUT2D eigenvalue weighted by Crippen LogP contribution is -1.93. The smallest absolute Gasteiger partial charge is 0.0548 e. The largest absolute Gasteiger partial charge is 0.185 e. The van der Waals surface area contributed by atoms with E-state index >= 15 is 0 Å². The maximum atomic E-state index is 6.72. The Morgan fingerprint density at radius 3 is 2.39 bits per heavy atom. The third-order valence-corrected chi connectivity index (χ3v) is 2.56. The quantitative estimate of drug-likeness (QED) is 0.277. The highest BCUT2D eigenvalue weighted by Gasteiger charge is 2.02. The second-order valence-electron chi connectivity index (χ2n) is 4.17. The molecule has 0 saturated heterocycles. The lowest BCUT2D eigenvalue weighted by Gasteiger charge is -2.08. The van der Waals surface area contributed by atoms with E-state index in [2.05, 4.69) is 42.9 Å². The van der Waals surface area contributed by atoms with E-state index in [0.717, 1.165) is 29.6 Å².